The topological polar surface area (TPSA) is 73.2 Å². The van der Waals surface area contributed by atoms with Crippen LogP contribution in [0.3, 0.4) is 0 Å². The van der Waals surface area contributed by atoms with Crippen molar-refractivity contribution in [2.75, 3.05) is 47.5 Å². The molecule has 182 valence electrons. The number of benzene rings is 2. The van der Waals surface area contributed by atoms with Gasteiger partial charge in [-0.2, -0.15) is 0 Å². The Labute approximate surface area is 203 Å². The summed E-state index contributed by atoms with van der Waals surface area (Å²) < 4.78 is 19.2. The molecule has 0 aliphatic carbocycles. The number of aryl methyl sites for hydroxylation is 1. The van der Waals surface area contributed by atoms with Gasteiger partial charge in [0.15, 0.2) is 11.5 Å². The van der Waals surface area contributed by atoms with Crippen molar-refractivity contribution >= 4 is 27.5 Å². The van der Waals surface area contributed by atoms with Crippen LogP contribution in [-0.2, 0) is 17.9 Å². The Hall–Kier alpha value is -3.04. The minimum absolute atomic E-state index is 0.0345. The number of carbonyl (C=O) groups is 1. The number of hydrogen-bond donors (Lipinski definition) is 0. The molecule has 8 nitrogen and oxygen atoms in total. The molecule has 1 aromatic heterocycles. The Kier molecular flexibility index (Phi) is 7.74. The lowest BCUT2D eigenvalue weighted by Crippen LogP contribution is -2.48. The second-order valence-electron chi connectivity index (χ2n) is 8.25. The number of methoxy groups -OCH3 is 3. The summed E-state index contributed by atoms with van der Waals surface area (Å²) in [6.45, 7) is 4.25. The molecule has 34 heavy (non-hydrogen) atoms. The van der Waals surface area contributed by atoms with Crippen molar-refractivity contribution < 1.29 is 19.0 Å². The van der Waals surface area contributed by atoms with E-state index < -0.39 is 0 Å². The number of hydrogen-bond acceptors (Lipinski definition) is 7. The average Bonchev–Trinajstić information content (AvgIpc) is 3.19. The molecule has 1 aliphatic rings. The number of ether oxygens (including phenoxy) is 3. The van der Waals surface area contributed by atoms with Crippen molar-refractivity contribution in [2.45, 2.75) is 25.9 Å². The van der Waals surface area contributed by atoms with Crippen LogP contribution in [-0.4, -0.2) is 67.2 Å². The molecule has 3 aromatic rings. The lowest BCUT2D eigenvalue weighted by atomic mass is 10.1. The third-order valence-electron chi connectivity index (χ3n) is 6.21. The maximum absolute atomic E-state index is 12.7. The molecule has 0 saturated carbocycles. The predicted octanol–water partition coefficient (Wildman–Crippen LogP) is 3.21. The molecule has 0 radical (unpaired) electrons. The standard InChI is InChI=1S/C25H31N3O5S/c1-31-20-11-10-18(23(32-2)24(20)33-3)17-26-13-15-27(16-14-26)22(29)9-6-12-28-25(30)19-7-4-5-8-21(19)34-28/h4-5,7-8,10-11H,6,9,12-17H2,1-3H3. The van der Waals surface area contributed by atoms with E-state index in [1.54, 1.807) is 25.3 Å². The van der Waals surface area contributed by atoms with Gasteiger partial charge in [0, 0.05) is 51.3 Å². The summed E-state index contributed by atoms with van der Waals surface area (Å²) in [6, 6.07) is 11.5. The first-order valence-corrected chi connectivity index (χ1v) is 12.2. The summed E-state index contributed by atoms with van der Waals surface area (Å²) in [5.41, 5.74) is 1.06. The number of amides is 1. The van der Waals surface area contributed by atoms with Gasteiger partial charge < -0.3 is 19.1 Å². The summed E-state index contributed by atoms with van der Waals surface area (Å²) in [6.07, 6.45) is 1.11. The fourth-order valence-electron chi connectivity index (χ4n) is 4.38. The number of nitrogens with zero attached hydrogens (tertiary/aromatic N) is 3. The zero-order valence-electron chi connectivity index (χ0n) is 19.9. The lowest BCUT2D eigenvalue weighted by Gasteiger charge is -2.35. The fourth-order valence-corrected chi connectivity index (χ4v) is 5.41. The van der Waals surface area contributed by atoms with Crippen LogP contribution in [0.1, 0.15) is 18.4 Å². The molecule has 2 aromatic carbocycles. The van der Waals surface area contributed by atoms with E-state index in [2.05, 4.69) is 4.90 Å². The van der Waals surface area contributed by atoms with Gasteiger partial charge in [-0.25, -0.2) is 0 Å². The summed E-state index contributed by atoms with van der Waals surface area (Å²) in [4.78, 5) is 29.4. The third-order valence-corrected chi connectivity index (χ3v) is 7.33. The molecule has 4 rings (SSSR count). The van der Waals surface area contributed by atoms with Crippen LogP contribution in [0.4, 0.5) is 0 Å². The van der Waals surface area contributed by atoms with E-state index in [0.29, 0.717) is 56.3 Å². The molecular weight excluding hydrogens is 454 g/mol. The monoisotopic (exact) mass is 485 g/mol. The normalized spacial score (nSPS) is 14.4. The highest BCUT2D eigenvalue weighted by Gasteiger charge is 2.23. The Morgan fingerprint density at radius 3 is 2.35 bits per heavy atom. The predicted molar refractivity (Wildman–Crippen MR) is 133 cm³/mol. The van der Waals surface area contributed by atoms with Crippen molar-refractivity contribution in [1.29, 1.82) is 0 Å². The van der Waals surface area contributed by atoms with E-state index in [1.165, 1.54) is 11.5 Å². The molecule has 0 unspecified atom stereocenters. The van der Waals surface area contributed by atoms with Gasteiger partial charge in [0.2, 0.25) is 11.7 Å². The summed E-state index contributed by atoms with van der Waals surface area (Å²) in [7, 11) is 4.84. The van der Waals surface area contributed by atoms with Crippen molar-refractivity contribution in [2.24, 2.45) is 0 Å². The second kappa shape index (κ2) is 10.9. The molecule has 0 bridgehead atoms. The summed E-state index contributed by atoms with van der Waals surface area (Å²) >= 11 is 1.47. The maximum atomic E-state index is 12.7. The minimum Gasteiger partial charge on any atom is -0.493 e. The second-order valence-corrected chi connectivity index (χ2v) is 9.31. The Morgan fingerprint density at radius 2 is 1.68 bits per heavy atom. The highest BCUT2D eigenvalue weighted by atomic mass is 32.1. The zero-order valence-corrected chi connectivity index (χ0v) is 20.7. The molecule has 0 atom stereocenters. The quantitative estimate of drug-likeness (QED) is 0.464. The van der Waals surface area contributed by atoms with E-state index in [4.69, 9.17) is 14.2 Å². The Bertz CT molecular complexity index is 1200. The number of rotatable bonds is 9. The molecule has 2 heterocycles. The van der Waals surface area contributed by atoms with E-state index in [9.17, 15) is 9.59 Å². The largest absolute Gasteiger partial charge is 0.493 e. The van der Waals surface area contributed by atoms with Crippen LogP contribution in [0.2, 0.25) is 0 Å². The Balaban J connectivity index is 1.28. The van der Waals surface area contributed by atoms with Crippen LogP contribution in [0, 0.1) is 0 Å². The third kappa shape index (κ3) is 5.05. The number of fused-ring (bicyclic) bond motifs is 1. The van der Waals surface area contributed by atoms with Crippen molar-refractivity contribution in [3.8, 4) is 17.2 Å². The highest BCUT2D eigenvalue weighted by molar-refractivity contribution is 7.13. The van der Waals surface area contributed by atoms with E-state index in [1.807, 2.05) is 41.3 Å². The van der Waals surface area contributed by atoms with Gasteiger partial charge >= 0.3 is 0 Å². The molecular formula is C25H31N3O5S. The summed E-state index contributed by atoms with van der Waals surface area (Å²) in [5.74, 6) is 2.06. The SMILES string of the molecule is COc1ccc(CN2CCN(C(=O)CCCn3sc4ccccc4c3=O)CC2)c(OC)c1OC. The van der Waals surface area contributed by atoms with Crippen LogP contribution in [0.15, 0.2) is 41.2 Å². The van der Waals surface area contributed by atoms with Crippen molar-refractivity contribution in [3.63, 3.8) is 0 Å². The van der Waals surface area contributed by atoms with Crippen molar-refractivity contribution in [3.05, 3.63) is 52.3 Å². The van der Waals surface area contributed by atoms with Gasteiger partial charge in [-0.3, -0.25) is 18.4 Å². The first-order valence-electron chi connectivity index (χ1n) is 11.4. The van der Waals surface area contributed by atoms with Crippen LogP contribution in [0.5, 0.6) is 17.2 Å². The molecule has 9 heteroatoms. The van der Waals surface area contributed by atoms with Gasteiger partial charge in [-0.15, -0.1) is 0 Å². The van der Waals surface area contributed by atoms with Gasteiger partial charge in [0.05, 0.1) is 31.4 Å². The molecule has 1 amide bonds. The van der Waals surface area contributed by atoms with Gasteiger partial charge in [-0.05, 0) is 24.6 Å². The number of piperazine rings is 1. The maximum Gasteiger partial charge on any atom is 0.268 e. The molecule has 1 saturated heterocycles. The van der Waals surface area contributed by atoms with Gasteiger partial charge in [0.25, 0.3) is 5.56 Å². The smallest absolute Gasteiger partial charge is 0.268 e. The van der Waals surface area contributed by atoms with Gasteiger partial charge in [-0.1, -0.05) is 29.7 Å². The van der Waals surface area contributed by atoms with Crippen molar-refractivity contribution in [1.82, 2.24) is 13.8 Å². The minimum atomic E-state index is 0.0345. The van der Waals surface area contributed by atoms with E-state index >= 15 is 0 Å². The number of carbonyl (C=O) groups excluding carboxylic acids is 1. The first-order chi connectivity index (χ1) is 16.5. The highest BCUT2D eigenvalue weighted by Crippen LogP contribution is 2.40. The molecule has 1 fully saturated rings. The lowest BCUT2D eigenvalue weighted by molar-refractivity contribution is -0.133. The first kappa shape index (κ1) is 24.1. The zero-order chi connectivity index (χ0) is 24.1. The number of aromatic nitrogens is 1. The average molecular weight is 486 g/mol. The van der Waals surface area contributed by atoms with E-state index in [0.717, 1.165) is 28.7 Å². The van der Waals surface area contributed by atoms with E-state index in [-0.39, 0.29) is 11.5 Å². The van der Waals surface area contributed by atoms with Crippen LogP contribution >= 0.6 is 11.5 Å². The molecule has 0 N–H and O–H groups in total. The fraction of sp³-hybridized carbons (Fsp3) is 0.440. The van der Waals surface area contributed by atoms with Crippen LogP contribution in [0.25, 0.3) is 10.1 Å². The Morgan fingerprint density at radius 1 is 0.941 bits per heavy atom. The van der Waals surface area contributed by atoms with Crippen LogP contribution < -0.4 is 19.8 Å². The molecule has 0 spiro atoms. The summed E-state index contributed by atoms with van der Waals surface area (Å²) in [5, 5.41) is 0.751. The molecule has 1 aliphatic heterocycles. The van der Waals surface area contributed by atoms with Gasteiger partial charge in [0.1, 0.15) is 0 Å².